The fourth-order valence-corrected chi connectivity index (χ4v) is 1.71. The monoisotopic (exact) mass is 231 g/mol. The van der Waals surface area contributed by atoms with E-state index < -0.39 is 0 Å². The molecule has 0 aliphatic heterocycles. The Balaban J connectivity index is 3.60. The van der Waals surface area contributed by atoms with Gasteiger partial charge in [0.1, 0.15) is 6.61 Å². The average Bonchev–Trinajstić information content (AvgIpc) is 2.27. The summed E-state index contributed by atoms with van der Waals surface area (Å²) in [7, 11) is 1.59. The Labute approximate surface area is 98.5 Å². The van der Waals surface area contributed by atoms with Gasteiger partial charge in [0.15, 0.2) is 0 Å². The Morgan fingerprint density at radius 3 is 2.56 bits per heavy atom. The van der Waals surface area contributed by atoms with Crippen molar-refractivity contribution >= 4 is 5.97 Å². The second-order valence-corrected chi connectivity index (χ2v) is 3.98. The van der Waals surface area contributed by atoms with Gasteiger partial charge in [-0.3, -0.25) is 4.79 Å². The molecule has 0 heterocycles. The van der Waals surface area contributed by atoms with Crippen LogP contribution in [0.2, 0.25) is 0 Å². The van der Waals surface area contributed by atoms with Crippen molar-refractivity contribution in [3.63, 3.8) is 0 Å². The summed E-state index contributed by atoms with van der Waals surface area (Å²) in [5.41, 5.74) is 5.53. The first-order valence-electron chi connectivity index (χ1n) is 6.09. The van der Waals surface area contributed by atoms with Gasteiger partial charge in [0.25, 0.3) is 0 Å². The fraction of sp³-hybridized carbons (Fsp3) is 0.917. The first kappa shape index (κ1) is 15.4. The van der Waals surface area contributed by atoms with Crippen LogP contribution in [0, 0.1) is 5.92 Å². The van der Waals surface area contributed by atoms with Gasteiger partial charge in [0.2, 0.25) is 0 Å². The van der Waals surface area contributed by atoms with Gasteiger partial charge in [-0.1, -0.05) is 19.8 Å². The fourth-order valence-electron chi connectivity index (χ4n) is 1.71. The van der Waals surface area contributed by atoms with E-state index in [-0.39, 0.29) is 5.97 Å². The molecule has 0 amide bonds. The van der Waals surface area contributed by atoms with E-state index >= 15 is 0 Å². The van der Waals surface area contributed by atoms with E-state index in [0.29, 0.717) is 32.1 Å². The van der Waals surface area contributed by atoms with Crippen molar-refractivity contribution in [1.82, 2.24) is 0 Å². The Morgan fingerprint density at radius 1 is 1.25 bits per heavy atom. The number of hydrogen-bond acceptors (Lipinski definition) is 4. The molecule has 1 unspecified atom stereocenters. The van der Waals surface area contributed by atoms with Gasteiger partial charge in [-0.2, -0.15) is 0 Å². The zero-order chi connectivity index (χ0) is 12.2. The standard InChI is InChI=1S/C12H25NO3/c1-3-4-11(7-8-13)5-6-12(14)16-10-9-15-2/h11H,3-10,13H2,1-2H3. The molecule has 0 aromatic rings. The molecular formula is C12H25NO3. The first-order valence-corrected chi connectivity index (χ1v) is 6.09. The van der Waals surface area contributed by atoms with E-state index in [4.69, 9.17) is 15.2 Å². The molecule has 96 valence electrons. The lowest BCUT2D eigenvalue weighted by atomic mass is 9.95. The van der Waals surface area contributed by atoms with Gasteiger partial charge in [0, 0.05) is 13.5 Å². The van der Waals surface area contributed by atoms with Crippen molar-refractivity contribution in [2.75, 3.05) is 26.9 Å². The number of methoxy groups -OCH3 is 1. The minimum absolute atomic E-state index is 0.129. The average molecular weight is 231 g/mol. The molecule has 0 saturated heterocycles. The molecule has 0 aromatic carbocycles. The van der Waals surface area contributed by atoms with Crippen LogP contribution < -0.4 is 5.73 Å². The molecule has 0 rings (SSSR count). The summed E-state index contributed by atoms with van der Waals surface area (Å²) >= 11 is 0. The van der Waals surface area contributed by atoms with Crippen molar-refractivity contribution in [3.05, 3.63) is 0 Å². The van der Waals surface area contributed by atoms with Crippen molar-refractivity contribution < 1.29 is 14.3 Å². The summed E-state index contributed by atoms with van der Waals surface area (Å²) in [6.07, 6.45) is 4.66. The van der Waals surface area contributed by atoms with Gasteiger partial charge in [-0.05, 0) is 25.3 Å². The lowest BCUT2D eigenvalue weighted by molar-refractivity contribution is -0.145. The van der Waals surface area contributed by atoms with Crippen LogP contribution in [0.15, 0.2) is 0 Å². The van der Waals surface area contributed by atoms with Crippen LogP contribution in [0.25, 0.3) is 0 Å². The molecule has 0 aromatic heterocycles. The largest absolute Gasteiger partial charge is 0.463 e. The maximum Gasteiger partial charge on any atom is 0.305 e. The molecule has 16 heavy (non-hydrogen) atoms. The smallest absolute Gasteiger partial charge is 0.305 e. The van der Waals surface area contributed by atoms with Crippen molar-refractivity contribution in [1.29, 1.82) is 0 Å². The molecule has 4 nitrogen and oxygen atoms in total. The number of esters is 1. The normalized spacial score (nSPS) is 12.4. The lowest BCUT2D eigenvalue weighted by Gasteiger charge is -2.14. The minimum Gasteiger partial charge on any atom is -0.463 e. The number of hydrogen-bond donors (Lipinski definition) is 1. The molecule has 0 bridgehead atoms. The molecule has 4 heteroatoms. The van der Waals surface area contributed by atoms with E-state index in [1.54, 1.807) is 7.11 Å². The number of carbonyl (C=O) groups is 1. The molecule has 0 aliphatic carbocycles. The number of rotatable bonds is 10. The van der Waals surface area contributed by atoms with Gasteiger partial charge in [-0.15, -0.1) is 0 Å². The van der Waals surface area contributed by atoms with E-state index in [2.05, 4.69) is 6.92 Å². The van der Waals surface area contributed by atoms with Crippen LogP contribution in [-0.2, 0) is 14.3 Å². The van der Waals surface area contributed by atoms with E-state index in [1.807, 2.05) is 0 Å². The summed E-state index contributed by atoms with van der Waals surface area (Å²) in [5.74, 6) is 0.431. The Morgan fingerprint density at radius 2 is 2.00 bits per heavy atom. The van der Waals surface area contributed by atoms with Gasteiger partial charge < -0.3 is 15.2 Å². The predicted octanol–water partition coefficient (Wildman–Crippen LogP) is 1.72. The van der Waals surface area contributed by atoms with Crippen molar-refractivity contribution in [2.24, 2.45) is 11.7 Å². The topological polar surface area (TPSA) is 61.6 Å². The molecule has 0 aliphatic rings. The maximum atomic E-state index is 11.3. The molecule has 0 spiro atoms. The van der Waals surface area contributed by atoms with E-state index in [9.17, 15) is 4.79 Å². The minimum atomic E-state index is -0.129. The van der Waals surface area contributed by atoms with E-state index in [0.717, 1.165) is 25.7 Å². The second-order valence-electron chi connectivity index (χ2n) is 3.98. The van der Waals surface area contributed by atoms with Gasteiger partial charge in [-0.25, -0.2) is 0 Å². The van der Waals surface area contributed by atoms with Crippen LogP contribution in [-0.4, -0.2) is 32.8 Å². The zero-order valence-corrected chi connectivity index (χ0v) is 10.5. The highest BCUT2D eigenvalue weighted by Crippen LogP contribution is 2.17. The Kier molecular flexibility index (Phi) is 10.5. The van der Waals surface area contributed by atoms with Crippen molar-refractivity contribution in [3.8, 4) is 0 Å². The number of ether oxygens (including phenoxy) is 2. The Bertz CT molecular complexity index is 168. The maximum absolute atomic E-state index is 11.3. The first-order chi connectivity index (χ1) is 7.74. The van der Waals surface area contributed by atoms with Crippen LogP contribution >= 0.6 is 0 Å². The van der Waals surface area contributed by atoms with Crippen LogP contribution in [0.3, 0.4) is 0 Å². The highest BCUT2D eigenvalue weighted by atomic mass is 16.6. The van der Waals surface area contributed by atoms with Gasteiger partial charge >= 0.3 is 5.97 Å². The summed E-state index contributed by atoms with van der Waals surface area (Å²) in [4.78, 5) is 11.3. The molecule has 0 saturated carbocycles. The second kappa shape index (κ2) is 10.9. The summed E-state index contributed by atoms with van der Waals surface area (Å²) in [6, 6.07) is 0. The van der Waals surface area contributed by atoms with Crippen LogP contribution in [0.5, 0.6) is 0 Å². The predicted molar refractivity (Wildman–Crippen MR) is 64.1 cm³/mol. The zero-order valence-electron chi connectivity index (χ0n) is 10.5. The number of carbonyl (C=O) groups excluding carboxylic acids is 1. The lowest BCUT2D eigenvalue weighted by Crippen LogP contribution is -2.13. The third-order valence-electron chi connectivity index (χ3n) is 2.58. The van der Waals surface area contributed by atoms with Crippen molar-refractivity contribution in [2.45, 2.75) is 39.0 Å². The molecule has 2 N–H and O–H groups in total. The molecule has 1 atom stereocenters. The van der Waals surface area contributed by atoms with Gasteiger partial charge in [0.05, 0.1) is 6.61 Å². The highest BCUT2D eigenvalue weighted by Gasteiger charge is 2.10. The summed E-state index contributed by atoms with van der Waals surface area (Å²) < 4.78 is 9.80. The quantitative estimate of drug-likeness (QED) is 0.459. The third-order valence-corrected chi connectivity index (χ3v) is 2.58. The summed E-state index contributed by atoms with van der Waals surface area (Å²) in [6.45, 7) is 3.67. The highest BCUT2D eigenvalue weighted by molar-refractivity contribution is 5.69. The third kappa shape index (κ3) is 8.68. The summed E-state index contributed by atoms with van der Waals surface area (Å²) in [5, 5.41) is 0. The van der Waals surface area contributed by atoms with Crippen LogP contribution in [0.1, 0.15) is 39.0 Å². The molecular weight excluding hydrogens is 206 g/mol. The SMILES string of the molecule is CCCC(CCN)CCC(=O)OCCOC. The molecule has 0 fully saturated rings. The molecule has 0 radical (unpaired) electrons. The van der Waals surface area contributed by atoms with E-state index in [1.165, 1.54) is 0 Å². The number of nitrogens with two attached hydrogens (primary N) is 1. The van der Waals surface area contributed by atoms with Crippen LogP contribution in [0.4, 0.5) is 0 Å². The Hall–Kier alpha value is -0.610.